The molecule has 0 amide bonds. The molecule has 21 heavy (non-hydrogen) atoms. The molecule has 2 N–H and O–H groups in total. The van der Waals surface area contributed by atoms with Gasteiger partial charge in [0.2, 0.25) is 0 Å². The van der Waals surface area contributed by atoms with E-state index >= 15 is 0 Å². The van der Waals surface area contributed by atoms with Gasteiger partial charge in [-0.1, -0.05) is 18.2 Å². The van der Waals surface area contributed by atoms with Gasteiger partial charge in [-0.15, -0.1) is 0 Å². The summed E-state index contributed by atoms with van der Waals surface area (Å²) in [6.07, 6.45) is -1.93. The van der Waals surface area contributed by atoms with Crippen LogP contribution in [0.25, 0.3) is 0 Å². The number of pyridine rings is 1. The van der Waals surface area contributed by atoms with E-state index in [-0.39, 0.29) is 12.0 Å². The zero-order valence-electron chi connectivity index (χ0n) is 11.4. The minimum Gasteiger partial charge on any atom is -0.496 e. The fraction of sp³-hybridized carbons (Fsp3) is 0.267. The van der Waals surface area contributed by atoms with Crippen LogP contribution in [0.1, 0.15) is 22.7 Å². The summed E-state index contributed by atoms with van der Waals surface area (Å²) < 4.78 is 44.1. The number of nitrogens with two attached hydrogens (primary N) is 1. The quantitative estimate of drug-likeness (QED) is 0.941. The maximum absolute atomic E-state index is 13.0. The Morgan fingerprint density at radius 1 is 1.24 bits per heavy atom. The fourth-order valence-electron chi connectivity index (χ4n) is 2.18. The molecule has 6 heteroatoms. The number of halogens is 3. The molecule has 0 saturated carbocycles. The van der Waals surface area contributed by atoms with Crippen LogP contribution in [-0.2, 0) is 12.6 Å². The largest absolute Gasteiger partial charge is 0.496 e. The number of hydrogen-bond donors (Lipinski definition) is 1. The van der Waals surface area contributed by atoms with Gasteiger partial charge in [-0.25, -0.2) is 0 Å². The second-order valence-electron chi connectivity index (χ2n) is 4.58. The van der Waals surface area contributed by atoms with Crippen LogP contribution < -0.4 is 10.5 Å². The molecule has 0 aliphatic heterocycles. The van der Waals surface area contributed by atoms with E-state index in [1.165, 1.54) is 13.3 Å². The smallest absolute Gasteiger partial charge is 0.416 e. The van der Waals surface area contributed by atoms with Crippen molar-refractivity contribution < 1.29 is 17.9 Å². The van der Waals surface area contributed by atoms with E-state index in [0.29, 0.717) is 5.75 Å². The Hall–Kier alpha value is -2.08. The highest BCUT2D eigenvalue weighted by Gasteiger charge is 2.34. The number of para-hydroxylation sites is 1. The standard InChI is InChI=1S/C15H15F3N2O/c1-21-14-5-3-2-4-10(14)8-13(19)11-9-20-7-6-12(11)15(16,17)18/h2-7,9,13H,8,19H2,1H3. The minimum atomic E-state index is -4.45. The molecule has 0 bridgehead atoms. The van der Waals surface area contributed by atoms with E-state index in [1.54, 1.807) is 24.3 Å². The third-order valence-corrected chi connectivity index (χ3v) is 3.19. The van der Waals surface area contributed by atoms with Gasteiger partial charge in [-0.05, 0) is 29.7 Å². The van der Waals surface area contributed by atoms with Gasteiger partial charge in [0.05, 0.1) is 12.7 Å². The lowest BCUT2D eigenvalue weighted by atomic mass is 9.96. The van der Waals surface area contributed by atoms with E-state index in [9.17, 15) is 13.2 Å². The second kappa shape index (κ2) is 6.13. The summed E-state index contributed by atoms with van der Waals surface area (Å²) in [5.41, 5.74) is 5.94. The molecule has 1 aromatic carbocycles. The Bertz CT molecular complexity index is 614. The van der Waals surface area contributed by atoms with Crippen LogP contribution in [0.3, 0.4) is 0 Å². The van der Waals surface area contributed by atoms with Crippen LogP contribution in [0.5, 0.6) is 5.75 Å². The lowest BCUT2D eigenvalue weighted by Crippen LogP contribution is -2.20. The van der Waals surface area contributed by atoms with Gasteiger partial charge in [-0.2, -0.15) is 13.2 Å². The van der Waals surface area contributed by atoms with E-state index in [2.05, 4.69) is 4.98 Å². The molecule has 112 valence electrons. The van der Waals surface area contributed by atoms with Gasteiger partial charge in [-0.3, -0.25) is 4.98 Å². The maximum atomic E-state index is 13.0. The molecule has 0 spiro atoms. The Kier molecular flexibility index (Phi) is 4.47. The summed E-state index contributed by atoms with van der Waals surface area (Å²) in [7, 11) is 1.51. The highest BCUT2D eigenvalue weighted by Crippen LogP contribution is 2.34. The Balaban J connectivity index is 2.31. The molecule has 2 rings (SSSR count). The lowest BCUT2D eigenvalue weighted by molar-refractivity contribution is -0.138. The van der Waals surface area contributed by atoms with E-state index < -0.39 is 17.8 Å². The van der Waals surface area contributed by atoms with Crippen molar-refractivity contribution in [2.75, 3.05) is 7.11 Å². The second-order valence-corrected chi connectivity index (χ2v) is 4.58. The fourth-order valence-corrected chi connectivity index (χ4v) is 2.18. The number of ether oxygens (including phenoxy) is 1. The molecule has 0 fully saturated rings. The van der Waals surface area contributed by atoms with Crippen LogP contribution in [0.4, 0.5) is 13.2 Å². The van der Waals surface area contributed by atoms with E-state index in [0.717, 1.165) is 17.8 Å². The van der Waals surface area contributed by atoms with Gasteiger partial charge in [0.15, 0.2) is 0 Å². The lowest BCUT2D eigenvalue weighted by Gasteiger charge is -2.18. The first-order chi connectivity index (χ1) is 9.93. The average molecular weight is 296 g/mol. The molecule has 0 radical (unpaired) electrons. The predicted octanol–water partition coefficient (Wildman–Crippen LogP) is 3.35. The van der Waals surface area contributed by atoms with Crippen molar-refractivity contribution in [1.29, 1.82) is 0 Å². The first-order valence-electron chi connectivity index (χ1n) is 6.32. The summed E-state index contributed by atoms with van der Waals surface area (Å²) in [4.78, 5) is 3.75. The third-order valence-electron chi connectivity index (χ3n) is 3.19. The highest BCUT2D eigenvalue weighted by atomic mass is 19.4. The molecule has 3 nitrogen and oxygen atoms in total. The number of nitrogens with zero attached hydrogens (tertiary/aromatic N) is 1. The third kappa shape index (κ3) is 3.52. The molecule has 1 unspecified atom stereocenters. The van der Waals surface area contributed by atoms with Gasteiger partial charge in [0.1, 0.15) is 5.75 Å². The maximum Gasteiger partial charge on any atom is 0.416 e. The minimum absolute atomic E-state index is 0.0177. The van der Waals surface area contributed by atoms with Crippen molar-refractivity contribution in [2.24, 2.45) is 5.73 Å². The molecule has 0 aliphatic rings. The Labute approximate surface area is 120 Å². The number of benzene rings is 1. The number of methoxy groups -OCH3 is 1. The zero-order valence-corrected chi connectivity index (χ0v) is 11.4. The summed E-state index contributed by atoms with van der Waals surface area (Å²) >= 11 is 0. The van der Waals surface area contributed by atoms with Crippen molar-refractivity contribution >= 4 is 0 Å². The summed E-state index contributed by atoms with van der Waals surface area (Å²) in [6, 6.07) is 7.24. The Morgan fingerprint density at radius 3 is 2.62 bits per heavy atom. The van der Waals surface area contributed by atoms with Crippen LogP contribution in [0.15, 0.2) is 42.7 Å². The number of aromatic nitrogens is 1. The van der Waals surface area contributed by atoms with E-state index in [4.69, 9.17) is 10.5 Å². The topological polar surface area (TPSA) is 48.1 Å². The number of rotatable bonds is 4. The number of alkyl halides is 3. The summed E-state index contributed by atoms with van der Waals surface area (Å²) in [5, 5.41) is 0. The predicted molar refractivity (Wildman–Crippen MR) is 72.9 cm³/mol. The van der Waals surface area contributed by atoms with Gasteiger partial charge in [0, 0.05) is 18.4 Å². The molecule has 0 aliphatic carbocycles. The van der Waals surface area contributed by atoms with E-state index in [1.807, 2.05) is 0 Å². The Morgan fingerprint density at radius 2 is 1.95 bits per heavy atom. The normalized spacial score (nSPS) is 13.0. The first-order valence-corrected chi connectivity index (χ1v) is 6.32. The van der Waals surface area contributed by atoms with Gasteiger partial charge >= 0.3 is 6.18 Å². The van der Waals surface area contributed by atoms with Crippen molar-refractivity contribution in [3.05, 3.63) is 59.4 Å². The molecule has 1 atom stereocenters. The molecule has 2 aromatic rings. The average Bonchev–Trinajstić information content (AvgIpc) is 2.47. The highest BCUT2D eigenvalue weighted by molar-refractivity contribution is 5.36. The molecule has 1 aromatic heterocycles. The SMILES string of the molecule is COc1ccccc1CC(N)c1cnccc1C(F)(F)F. The summed E-state index contributed by atoms with van der Waals surface area (Å²) in [6.45, 7) is 0. The molecular formula is C15H15F3N2O. The van der Waals surface area contributed by atoms with Gasteiger partial charge in [0.25, 0.3) is 0 Å². The van der Waals surface area contributed by atoms with Crippen molar-refractivity contribution in [3.63, 3.8) is 0 Å². The molecule has 1 heterocycles. The van der Waals surface area contributed by atoms with Crippen molar-refractivity contribution in [1.82, 2.24) is 4.98 Å². The van der Waals surface area contributed by atoms with Crippen LogP contribution >= 0.6 is 0 Å². The van der Waals surface area contributed by atoms with Crippen LogP contribution in [0.2, 0.25) is 0 Å². The monoisotopic (exact) mass is 296 g/mol. The first kappa shape index (κ1) is 15.3. The van der Waals surface area contributed by atoms with Crippen LogP contribution in [0, 0.1) is 0 Å². The summed E-state index contributed by atoms with van der Waals surface area (Å²) in [5.74, 6) is 0.602. The molecule has 0 saturated heterocycles. The van der Waals surface area contributed by atoms with Crippen molar-refractivity contribution in [3.8, 4) is 5.75 Å². The van der Waals surface area contributed by atoms with Crippen molar-refractivity contribution in [2.45, 2.75) is 18.6 Å². The molecular weight excluding hydrogens is 281 g/mol. The number of hydrogen-bond acceptors (Lipinski definition) is 3. The van der Waals surface area contributed by atoms with Crippen LogP contribution in [-0.4, -0.2) is 12.1 Å². The zero-order chi connectivity index (χ0) is 15.5. The van der Waals surface area contributed by atoms with Gasteiger partial charge < -0.3 is 10.5 Å².